The molecule has 0 aliphatic heterocycles. The lowest BCUT2D eigenvalue weighted by Crippen LogP contribution is -2.27. The van der Waals surface area contributed by atoms with Crippen molar-refractivity contribution >= 4 is 11.9 Å². The molecule has 6 heteroatoms. The normalized spacial score (nSPS) is 12.8. The maximum absolute atomic E-state index is 11.6. The molecule has 1 aromatic carbocycles. The van der Waals surface area contributed by atoms with Crippen molar-refractivity contribution in [3.63, 3.8) is 0 Å². The van der Waals surface area contributed by atoms with Crippen LogP contribution in [0.25, 0.3) is 0 Å². The Kier molecular flexibility index (Phi) is 11.8. The van der Waals surface area contributed by atoms with Gasteiger partial charge in [-0.15, -0.1) is 0 Å². The van der Waals surface area contributed by atoms with Gasteiger partial charge in [0.1, 0.15) is 12.2 Å². The summed E-state index contributed by atoms with van der Waals surface area (Å²) in [6, 6.07) is 5.18. The van der Waals surface area contributed by atoms with E-state index in [4.69, 9.17) is 14.2 Å². The fourth-order valence-electron chi connectivity index (χ4n) is 3.39. The number of aromatic hydroxyl groups is 1. The molecule has 2 atom stereocenters. The van der Waals surface area contributed by atoms with Gasteiger partial charge in [-0.05, 0) is 43.4 Å². The van der Waals surface area contributed by atoms with Crippen LogP contribution in [0.5, 0.6) is 11.5 Å². The minimum atomic E-state index is -0.345. The number of phenols is 1. The Bertz CT molecular complexity index is 628. The molecule has 0 amide bonds. The zero-order valence-corrected chi connectivity index (χ0v) is 18.2. The summed E-state index contributed by atoms with van der Waals surface area (Å²) in [7, 11) is 1.50. The van der Waals surface area contributed by atoms with Crippen molar-refractivity contribution in [2.45, 2.75) is 90.8 Å². The van der Waals surface area contributed by atoms with E-state index in [1.165, 1.54) is 40.2 Å². The van der Waals surface area contributed by atoms with E-state index in [0.717, 1.165) is 24.8 Å². The average Bonchev–Trinajstić information content (AvgIpc) is 2.66. The van der Waals surface area contributed by atoms with Crippen LogP contribution in [0.4, 0.5) is 0 Å². The van der Waals surface area contributed by atoms with Crippen molar-refractivity contribution < 1.29 is 28.9 Å². The van der Waals surface area contributed by atoms with Gasteiger partial charge in [0, 0.05) is 20.3 Å². The van der Waals surface area contributed by atoms with Gasteiger partial charge in [-0.1, -0.05) is 38.7 Å². The number of methoxy groups -OCH3 is 1. The zero-order chi connectivity index (χ0) is 21.6. The smallest absolute Gasteiger partial charge is 0.302 e. The molecule has 2 unspecified atom stereocenters. The van der Waals surface area contributed by atoms with Gasteiger partial charge in [-0.2, -0.15) is 0 Å². The fourth-order valence-corrected chi connectivity index (χ4v) is 3.39. The molecule has 1 rings (SSSR count). The molecule has 0 aromatic heterocycles. The third-order valence-corrected chi connectivity index (χ3v) is 4.82. The monoisotopic (exact) mass is 408 g/mol. The summed E-state index contributed by atoms with van der Waals surface area (Å²) in [6.07, 6.45) is 7.58. The number of benzene rings is 1. The molecule has 1 N–H and O–H groups in total. The van der Waals surface area contributed by atoms with Gasteiger partial charge in [0.05, 0.1) is 7.11 Å². The Balaban J connectivity index is 2.69. The summed E-state index contributed by atoms with van der Waals surface area (Å²) in [6.45, 7) is 4.98. The van der Waals surface area contributed by atoms with Crippen LogP contribution >= 0.6 is 0 Å². The molecule has 0 radical (unpaired) electrons. The summed E-state index contributed by atoms with van der Waals surface area (Å²) in [5.74, 6) is -0.154. The molecule has 0 saturated heterocycles. The predicted octanol–water partition coefficient (Wildman–Crippen LogP) is 4.95. The van der Waals surface area contributed by atoms with Crippen LogP contribution in [0.3, 0.4) is 0 Å². The largest absolute Gasteiger partial charge is 0.504 e. The number of phenolic OH excluding ortho intramolecular Hbond substituents is 1. The Morgan fingerprint density at radius 3 is 2.17 bits per heavy atom. The third-order valence-electron chi connectivity index (χ3n) is 4.82. The van der Waals surface area contributed by atoms with Crippen molar-refractivity contribution in [2.75, 3.05) is 7.11 Å². The summed E-state index contributed by atoms with van der Waals surface area (Å²) in [4.78, 5) is 23.1. The second kappa shape index (κ2) is 13.9. The second-order valence-electron chi connectivity index (χ2n) is 7.45. The summed E-state index contributed by atoms with van der Waals surface area (Å²) < 4.78 is 16.1. The van der Waals surface area contributed by atoms with Crippen LogP contribution in [-0.4, -0.2) is 36.4 Å². The van der Waals surface area contributed by atoms with E-state index in [1.807, 2.05) is 6.07 Å². The van der Waals surface area contributed by atoms with Crippen molar-refractivity contribution in [1.82, 2.24) is 0 Å². The molecular weight excluding hydrogens is 372 g/mol. The second-order valence-corrected chi connectivity index (χ2v) is 7.45. The standard InChI is InChI=1S/C23H36O6/c1-5-6-7-8-9-10-20(28-17(2)24)16-21(29-18(3)25)13-11-19-12-14-22(26)23(15-19)27-4/h12,14-15,20-21,26H,5-11,13,16H2,1-4H3. The van der Waals surface area contributed by atoms with Crippen LogP contribution in [-0.2, 0) is 25.5 Å². The van der Waals surface area contributed by atoms with Crippen molar-refractivity contribution in [2.24, 2.45) is 0 Å². The van der Waals surface area contributed by atoms with E-state index in [1.54, 1.807) is 12.1 Å². The highest BCUT2D eigenvalue weighted by Gasteiger charge is 2.21. The first-order valence-corrected chi connectivity index (χ1v) is 10.6. The summed E-state index contributed by atoms with van der Waals surface area (Å²) >= 11 is 0. The van der Waals surface area contributed by atoms with Gasteiger partial charge in [-0.25, -0.2) is 0 Å². The first kappa shape index (κ1) is 24.8. The number of hydrogen-bond donors (Lipinski definition) is 1. The molecule has 29 heavy (non-hydrogen) atoms. The van der Waals surface area contributed by atoms with Gasteiger partial charge in [-0.3, -0.25) is 9.59 Å². The van der Waals surface area contributed by atoms with Crippen LogP contribution in [0, 0.1) is 0 Å². The molecule has 164 valence electrons. The number of esters is 2. The number of unbranched alkanes of at least 4 members (excludes halogenated alkanes) is 4. The molecule has 0 aliphatic carbocycles. The van der Waals surface area contributed by atoms with Gasteiger partial charge in [0.25, 0.3) is 0 Å². The average molecular weight is 409 g/mol. The number of aryl methyl sites for hydroxylation is 1. The summed E-state index contributed by atoms with van der Waals surface area (Å²) in [5.41, 5.74) is 0.973. The zero-order valence-electron chi connectivity index (χ0n) is 18.2. The fraction of sp³-hybridized carbons (Fsp3) is 0.652. The van der Waals surface area contributed by atoms with E-state index in [0.29, 0.717) is 25.0 Å². The van der Waals surface area contributed by atoms with Gasteiger partial charge in [0.15, 0.2) is 11.5 Å². The third kappa shape index (κ3) is 10.8. The van der Waals surface area contributed by atoms with Gasteiger partial charge >= 0.3 is 11.9 Å². The van der Waals surface area contributed by atoms with E-state index >= 15 is 0 Å². The van der Waals surface area contributed by atoms with E-state index in [-0.39, 0.29) is 29.9 Å². The molecule has 0 fully saturated rings. The molecular formula is C23H36O6. The first-order chi connectivity index (χ1) is 13.8. The molecule has 0 spiro atoms. The number of carbonyl (C=O) groups is 2. The highest BCUT2D eigenvalue weighted by atomic mass is 16.6. The lowest BCUT2D eigenvalue weighted by atomic mass is 9.99. The topological polar surface area (TPSA) is 82.1 Å². The van der Waals surface area contributed by atoms with Crippen molar-refractivity contribution in [3.05, 3.63) is 23.8 Å². The Hall–Kier alpha value is -2.24. The quantitative estimate of drug-likeness (QED) is 0.346. The lowest BCUT2D eigenvalue weighted by Gasteiger charge is -2.23. The number of hydrogen-bond acceptors (Lipinski definition) is 6. The molecule has 0 heterocycles. The minimum absolute atomic E-state index is 0.0887. The highest BCUT2D eigenvalue weighted by molar-refractivity contribution is 5.66. The number of rotatable bonds is 14. The van der Waals surface area contributed by atoms with Crippen LogP contribution < -0.4 is 4.74 Å². The molecule has 6 nitrogen and oxygen atoms in total. The Morgan fingerprint density at radius 1 is 0.966 bits per heavy atom. The van der Waals surface area contributed by atoms with E-state index < -0.39 is 0 Å². The Morgan fingerprint density at radius 2 is 1.59 bits per heavy atom. The number of carbonyl (C=O) groups excluding carboxylic acids is 2. The van der Waals surface area contributed by atoms with Crippen molar-refractivity contribution in [1.29, 1.82) is 0 Å². The summed E-state index contributed by atoms with van der Waals surface area (Å²) in [5, 5.41) is 9.73. The van der Waals surface area contributed by atoms with Crippen LogP contribution in [0.2, 0.25) is 0 Å². The minimum Gasteiger partial charge on any atom is -0.504 e. The van der Waals surface area contributed by atoms with Crippen LogP contribution in [0.1, 0.15) is 77.7 Å². The molecule has 0 bridgehead atoms. The molecule has 1 aromatic rings. The van der Waals surface area contributed by atoms with Gasteiger partial charge < -0.3 is 19.3 Å². The van der Waals surface area contributed by atoms with E-state index in [9.17, 15) is 14.7 Å². The maximum Gasteiger partial charge on any atom is 0.302 e. The van der Waals surface area contributed by atoms with E-state index in [2.05, 4.69) is 6.92 Å². The molecule has 0 aliphatic rings. The van der Waals surface area contributed by atoms with Gasteiger partial charge in [0.2, 0.25) is 0 Å². The Labute approximate surface area is 174 Å². The first-order valence-electron chi connectivity index (χ1n) is 10.6. The van der Waals surface area contributed by atoms with Crippen molar-refractivity contribution in [3.8, 4) is 11.5 Å². The SMILES string of the molecule is CCCCCCCC(CC(CCc1ccc(O)c(OC)c1)OC(C)=O)OC(C)=O. The predicted molar refractivity (Wildman–Crippen MR) is 112 cm³/mol. The lowest BCUT2D eigenvalue weighted by molar-refractivity contribution is -0.153. The molecule has 0 saturated carbocycles. The van der Waals surface area contributed by atoms with Crippen LogP contribution in [0.15, 0.2) is 18.2 Å². The number of ether oxygens (including phenoxy) is 3. The maximum atomic E-state index is 11.6. The highest BCUT2D eigenvalue weighted by Crippen LogP contribution is 2.27.